The molecular formula is C20H21N3. The lowest BCUT2D eigenvalue weighted by Crippen LogP contribution is -2.25. The van der Waals surface area contributed by atoms with E-state index in [-0.39, 0.29) is 0 Å². The van der Waals surface area contributed by atoms with Crippen LogP contribution in [0.2, 0.25) is 0 Å². The second-order valence-corrected chi connectivity index (χ2v) is 5.16. The molecular weight excluding hydrogens is 282 g/mol. The molecule has 0 N–H and O–H groups in total. The number of hydrogen-bond acceptors (Lipinski definition) is 3. The lowest BCUT2D eigenvalue weighted by atomic mass is 10.2. The maximum absolute atomic E-state index is 4.20. The molecule has 3 heterocycles. The number of fused-ring (bicyclic) bond motifs is 1. The Morgan fingerprint density at radius 2 is 1.78 bits per heavy atom. The van der Waals surface area contributed by atoms with E-state index < -0.39 is 0 Å². The van der Waals surface area contributed by atoms with Gasteiger partial charge in [0.2, 0.25) is 0 Å². The molecule has 3 rings (SSSR count). The molecule has 3 aromatic heterocycles. The number of rotatable bonds is 1. The Bertz CT molecular complexity index is 922. The van der Waals surface area contributed by atoms with Crippen LogP contribution in [0.1, 0.15) is 19.4 Å². The zero-order chi connectivity index (χ0) is 16.7. The van der Waals surface area contributed by atoms with Crippen molar-refractivity contribution < 1.29 is 0 Å². The molecule has 3 nitrogen and oxygen atoms in total. The highest BCUT2D eigenvalue weighted by atomic mass is 14.7. The van der Waals surface area contributed by atoms with Crippen LogP contribution < -0.4 is 10.4 Å². The first-order valence-electron chi connectivity index (χ1n) is 7.52. The third-order valence-corrected chi connectivity index (χ3v) is 3.65. The SMILES string of the molecule is C=C/C(C)=c1/ccnc/c1=C/C.Cc1ccnc2ccncc12. The number of nitrogens with zero attached hydrogens (tertiary/aromatic N) is 3. The van der Waals surface area contributed by atoms with E-state index in [4.69, 9.17) is 0 Å². The molecule has 3 aromatic rings. The van der Waals surface area contributed by atoms with Gasteiger partial charge in [-0.05, 0) is 60.5 Å². The second kappa shape index (κ2) is 7.99. The fourth-order valence-electron chi connectivity index (χ4n) is 2.23. The number of allylic oxidation sites excluding steroid dienone is 1. The summed E-state index contributed by atoms with van der Waals surface area (Å²) in [5.74, 6) is 0. The average Bonchev–Trinajstić information content (AvgIpc) is 2.62. The van der Waals surface area contributed by atoms with Gasteiger partial charge >= 0.3 is 0 Å². The summed E-state index contributed by atoms with van der Waals surface area (Å²) in [6.07, 6.45) is 13.0. The van der Waals surface area contributed by atoms with E-state index in [1.165, 1.54) is 16.4 Å². The molecule has 0 aromatic carbocycles. The lowest BCUT2D eigenvalue weighted by Gasteiger charge is -1.97. The normalized spacial score (nSPS) is 12.4. The molecule has 0 aliphatic heterocycles. The maximum atomic E-state index is 4.20. The molecule has 0 atom stereocenters. The van der Waals surface area contributed by atoms with Gasteiger partial charge < -0.3 is 0 Å². The van der Waals surface area contributed by atoms with Gasteiger partial charge in [-0.3, -0.25) is 15.0 Å². The Morgan fingerprint density at radius 3 is 2.48 bits per heavy atom. The van der Waals surface area contributed by atoms with Gasteiger partial charge in [0, 0.05) is 36.4 Å². The van der Waals surface area contributed by atoms with Gasteiger partial charge in [-0.2, -0.15) is 0 Å². The number of hydrogen-bond donors (Lipinski definition) is 0. The highest BCUT2D eigenvalue weighted by molar-refractivity contribution is 5.80. The minimum absolute atomic E-state index is 1.01. The molecule has 0 fully saturated rings. The summed E-state index contributed by atoms with van der Waals surface area (Å²) in [4.78, 5) is 12.3. The molecule has 0 radical (unpaired) electrons. The molecule has 0 saturated heterocycles. The van der Waals surface area contributed by atoms with Gasteiger partial charge in [0.1, 0.15) is 0 Å². The van der Waals surface area contributed by atoms with Gasteiger partial charge in [-0.25, -0.2) is 0 Å². The third-order valence-electron chi connectivity index (χ3n) is 3.65. The van der Waals surface area contributed by atoms with E-state index >= 15 is 0 Å². The summed E-state index contributed by atoms with van der Waals surface area (Å²) in [6.45, 7) is 9.86. The van der Waals surface area contributed by atoms with Crippen molar-refractivity contribution in [1.29, 1.82) is 0 Å². The van der Waals surface area contributed by atoms with E-state index in [2.05, 4.69) is 41.5 Å². The Balaban J connectivity index is 0.000000167. The summed E-state index contributed by atoms with van der Waals surface area (Å²) in [7, 11) is 0. The average molecular weight is 303 g/mol. The molecule has 3 heteroatoms. The van der Waals surface area contributed by atoms with Crippen molar-refractivity contribution in [2.24, 2.45) is 0 Å². The molecule has 0 aliphatic carbocycles. The predicted octanol–water partition coefficient (Wildman–Crippen LogP) is 3.18. The van der Waals surface area contributed by atoms with E-state index in [1.807, 2.05) is 49.8 Å². The Kier molecular flexibility index (Phi) is 5.75. The van der Waals surface area contributed by atoms with Crippen LogP contribution in [0.25, 0.3) is 22.6 Å². The Morgan fingerprint density at radius 1 is 1.04 bits per heavy atom. The van der Waals surface area contributed by atoms with E-state index in [0.29, 0.717) is 0 Å². The van der Waals surface area contributed by atoms with Crippen LogP contribution in [0.3, 0.4) is 0 Å². The van der Waals surface area contributed by atoms with Crippen LogP contribution in [-0.4, -0.2) is 15.0 Å². The fourth-order valence-corrected chi connectivity index (χ4v) is 2.23. The van der Waals surface area contributed by atoms with Crippen LogP contribution in [0.5, 0.6) is 0 Å². The minimum Gasteiger partial charge on any atom is -0.264 e. The highest BCUT2D eigenvalue weighted by Crippen LogP contribution is 2.12. The van der Waals surface area contributed by atoms with Gasteiger partial charge in [-0.1, -0.05) is 18.7 Å². The van der Waals surface area contributed by atoms with Crippen molar-refractivity contribution >= 4 is 22.6 Å². The molecule has 0 saturated carbocycles. The molecule has 0 spiro atoms. The van der Waals surface area contributed by atoms with Gasteiger partial charge in [0.25, 0.3) is 0 Å². The van der Waals surface area contributed by atoms with Gasteiger partial charge in [0.15, 0.2) is 0 Å². The Hall–Kier alpha value is -2.81. The third kappa shape index (κ3) is 4.10. The number of aryl methyl sites for hydroxylation is 1. The van der Waals surface area contributed by atoms with Crippen LogP contribution in [0.15, 0.2) is 61.8 Å². The smallest absolute Gasteiger partial charge is 0.0735 e. The standard InChI is InChI=1S/C11H13N.C9H8N2/c1-4-9(3)11-6-7-12-8-10(11)5-2;1-7-2-5-11-9-3-4-10-6-8(7)9/h4-8H,1H2,2-3H3;2-6H,1H3/b10-5-,11-9-;. The second-order valence-electron chi connectivity index (χ2n) is 5.16. The topological polar surface area (TPSA) is 38.7 Å². The zero-order valence-electron chi connectivity index (χ0n) is 13.8. The molecule has 0 aliphatic rings. The number of pyridine rings is 3. The molecule has 0 amide bonds. The van der Waals surface area contributed by atoms with E-state index in [0.717, 1.165) is 16.1 Å². The lowest BCUT2D eigenvalue weighted by molar-refractivity contribution is 1.26. The van der Waals surface area contributed by atoms with Gasteiger partial charge in [0.05, 0.1) is 5.52 Å². The minimum atomic E-state index is 1.01. The van der Waals surface area contributed by atoms with E-state index in [1.54, 1.807) is 12.4 Å². The van der Waals surface area contributed by atoms with Crippen molar-refractivity contribution in [3.05, 3.63) is 77.8 Å². The van der Waals surface area contributed by atoms with Crippen molar-refractivity contribution in [3.8, 4) is 0 Å². The van der Waals surface area contributed by atoms with Crippen LogP contribution in [-0.2, 0) is 0 Å². The first kappa shape index (κ1) is 16.6. The van der Waals surface area contributed by atoms with Crippen molar-refractivity contribution in [2.45, 2.75) is 20.8 Å². The summed E-state index contributed by atoms with van der Waals surface area (Å²) in [6, 6.07) is 5.92. The largest absolute Gasteiger partial charge is 0.264 e. The van der Waals surface area contributed by atoms with E-state index in [9.17, 15) is 0 Å². The summed E-state index contributed by atoms with van der Waals surface area (Å²) >= 11 is 0. The van der Waals surface area contributed by atoms with Crippen LogP contribution in [0.4, 0.5) is 0 Å². The summed E-state index contributed by atoms with van der Waals surface area (Å²) in [5.41, 5.74) is 3.42. The fraction of sp³-hybridized carbons (Fsp3) is 0.150. The molecule has 0 unspecified atom stereocenters. The molecule has 116 valence electrons. The highest BCUT2D eigenvalue weighted by Gasteiger charge is 1.94. The predicted molar refractivity (Wildman–Crippen MR) is 97.2 cm³/mol. The zero-order valence-corrected chi connectivity index (χ0v) is 13.8. The summed E-state index contributed by atoms with van der Waals surface area (Å²) < 4.78 is 0. The Labute approximate surface area is 136 Å². The van der Waals surface area contributed by atoms with Crippen LogP contribution >= 0.6 is 0 Å². The van der Waals surface area contributed by atoms with Crippen LogP contribution in [0, 0.1) is 6.92 Å². The first-order valence-corrected chi connectivity index (χ1v) is 7.52. The first-order chi connectivity index (χ1) is 11.2. The molecule has 0 bridgehead atoms. The van der Waals surface area contributed by atoms with Crippen molar-refractivity contribution in [3.63, 3.8) is 0 Å². The summed E-state index contributed by atoms with van der Waals surface area (Å²) in [5, 5.41) is 3.51. The quantitative estimate of drug-likeness (QED) is 0.693. The van der Waals surface area contributed by atoms with Crippen molar-refractivity contribution in [2.75, 3.05) is 0 Å². The maximum Gasteiger partial charge on any atom is 0.0735 e. The number of aromatic nitrogens is 3. The monoisotopic (exact) mass is 303 g/mol. The molecule has 23 heavy (non-hydrogen) atoms. The van der Waals surface area contributed by atoms with Crippen molar-refractivity contribution in [1.82, 2.24) is 15.0 Å². The van der Waals surface area contributed by atoms with Gasteiger partial charge in [-0.15, -0.1) is 0 Å².